The molecule has 0 aromatic carbocycles. The zero-order chi connectivity index (χ0) is 13.7. The number of rotatable bonds is 6. The minimum atomic E-state index is -0.398. The summed E-state index contributed by atoms with van der Waals surface area (Å²) >= 11 is 18.4. The van der Waals surface area contributed by atoms with E-state index in [2.05, 4.69) is 60.3 Å². The molecule has 7 N–H and O–H groups in total. The summed E-state index contributed by atoms with van der Waals surface area (Å²) in [4.78, 5) is 0. The average molecular weight is 380 g/mol. The van der Waals surface area contributed by atoms with Crippen LogP contribution in [0.4, 0.5) is 0 Å². The average Bonchev–Trinajstić information content (AvgIpc) is 2.25. The molecule has 0 heterocycles. The third kappa shape index (κ3) is 25.5. The summed E-state index contributed by atoms with van der Waals surface area (Å²) in [6.07, 6.45) is 0.209. The van der Waals surface area contributed by atoms with E-state index in [1.165, 1.54) is 0 Å². The van der Waals surface area contributed by atoms with Crippen LogP contribution in [0.25, 0.3) is 0 Å². The molecule has 1 atom stereocenters. The van der Waals surface area contributed by atoms with Gasteiger partial charge in [-0.1, -0.05) is 8.64 Å². The third-order valence-electron chi connectivity index (χ3n) is 1.44. The van der Waals surface area contributed by atoms with Crippen LogP contribution in [-0.4, -0.2) is 46.0 Å². The molecule has 102 valence electrons. The molecule has 0 bridgehead atoms. The van der Waals surface area contributed by atoms with Crippen molar-refractivity contribution in [2.45, 2.75) is 12.5 Å². The number of nitrogens with two attached hydrogens (primary N) is 2. The van der Waals surface area contributed by atoms with Crippen molar-refractivity contribution >= 4 is 58.3 Å². The predicted molar refractivity (Wildman–Crippen MR) is 84.7 cm³/mol. The van der Waals surface area contributed by atoms with Gasteiger partial charge in [0.25, 0.3) is 0 Å². The van der Waals surface area contributed by atoms with E-state index in [4.69, 9.17) is 16.6 Å². The van der Waals surface area contributed by atoms with Crippen LogP contribution in [0.15, 0.2) is 0 Å². The van der Waals surface area contributed by atoms with Gasteiger partial charge in [-0.3, -0.25) is 0 Å². The molecule has 0 aromatic rings. The van der Waals surface area contributed by atoms with Crippen LogP contribution in [0.1, 0.15) is 6.42 Å². The molecule has 0 aromatic heterocycles. The molecule has 0 spiro atoms. The minimum absolute atomic E-state index is 0. The van der Waals surface area contributed by atoms with Gasteiger partial charge in [-0.05, 0) is 13.0 Å². The van der Waals surface area contributed by atoms with Crippen molar-refractivity contribution in [1.82, 2.24) is 10.6 Å². The van der Waals surface area contributed by atoms with E-state index in [9.17, 15) is 0 Å². The van der Waals surface area contributed by atoms with Crippen LogP contribution in [0, 0.1) is 0 Å². The Morgan fingerprint density at radius 1 is 1.11 bits per heavy atom. The Labute approximate surface area is 143 Å². The van der Waals surface area contributed by atoms with Crippen molar-refractivity contribution in [3.05, 3.63) is 0 Å². The van der Waals surface area contributed by atoms with Crippen molar-refractivity contribution in [2.75, 3.05) is 26.2 Å². The number of nitrogens with one attached hydrogen (secondary N) is 2. The van der Waals surface area contributed by atoms with E-state index >= 15 is 0 Å². The largest absolute Gasteiger partial charge is 2.00 e. The molecule has 0 saturated carbocycles. The Bertz CT molecular complexity index is 207. The van der Waals surface area contributed by atoms with Gasteiger partial charge in [0.1, 0.15) is 0 Å². The fourth-order valence-corrected chi connectivity index (χ4v) is 1.05. The predicted octanol–water partition coefficient (Wildman–Crippen LogP) is -1.52. The topological polar surface area (TPSA) is 96.3 Å². The SMILES string of the molecule is NCCC(O)CN.S=C([S-])NCCNC(=S)[S-].[Zn+2]. The molecule has 0 aliphatic heterocycles. The molecule has 0 rings (SSSR count). The Kier molecular flexibility index (Phi) is 23.4. The summed E-state index contributed by atoms with van der Waals surface area (Å²) in [6.45, 7) is 2.16. The molecular formula is C8H18N4OS4Zn. The van der Waals surface area contributed by atoms with Gasteiger partial charge in [-0.15, -0.1) is 0 Å². The molecular weight excluding hydrogens is 362 g/mol. The van der Waals surface area contributed by atoms with Crippen LogP contribution in [0.5, 0.6) is 0 Å². The molecule has 0 saturated heterocycles. The zero-order valence-corrected chi connectivity index (χ0v) is 16.3. The fourth-order valence-electron chi connectivity index (χ4n) is 0.639. The molecule has 0 aliphatic carbocycles. The number of aliphatic hydroxyl groups is 1. The fraction of sp³-hybridized carbons (Fsp3) is 0.750. The third-order valence-corrected chi connectivity index (χ3v) is 2.01. The van der Waals surface area contributed by atoms with Gasteiger partial charge in [0.2, 0.25) is 0 Å². The van der Waals surface area contributed by atoms with E-state index in [0.717, 1.165) is 0 Å². The standard InChI is InChI=1S/C4H12N2O.C4H8N2S4.Zn/c5-2-1-4(7)3-6;7-3(8)5-1-2-6-4(9)10;/h4,7H,1-3,5-6H2;1-2H2,(H2,5,7,8)(H2,6,9,10);/q;;+2/p-2. The van der Waals surface area contributed by atoms with E-state index in [1.807, 2.05) is 0 Å². The molecule has 5 nitrogen and oxygen atoms in total. The van der Waals surface area contributed by atoms with E-state index in [-0.39, 0.29) is 19.5 Å². The number of thiocarbonyl (C=S) groups is 2. The normalized spacial score (nSPS) is 10.2. The smallest absolute Gasteiger partial charge is 0.412 e. The van der Waals surface area contributed by atoms with Crippen LogP contribution >= 0.6 is 24.4 Å². The van der Waals surface area contributed by atoms with Crippen molar-refractivity contribution in [2.24, 2.45) is 11.5 Å². The number of hydrogen-bond acceptors (Lipinski definition) is 7. The van der Waals surface area contributed by atoms with Crippen molar-refractivity contribution in [3.8, 4) is 0 Å². The summed E-state index contributed by atoms with van der Waals surface area (Å²) in [5, 5.41) is 14.2. The molecule has 0 radical (unpaired) electrons. The first-order valence-corrected chi connectivity index (χ1v) is 6.55. The van der Waals surface area contributed by atoms with Crippen LogP contribution in [-0.2, 0) is 44.7 Å². The van der Waals surface area contributed by atoms with Crippen LogP contribution in [0.3, 0.4) is 0 Å². The first-order valence-electron chi connectivity index (χ1n) is 4.91. The van der Waals surface area contributed by atoms with E-state index in [0.29, 0.717) is 41.2 Å². The van der Waals surface area contributed by atoms with E-state index < -0.39 is 6.10 Å². The number of hydrogen-bond donors (Lipinski definition) is 5. The second-order valence-electron chi connectivity index (χ2n) is 2.90. The maximum Gasteiger partial charge on any atom is 2.00 e. The van der Waals surface area contributed by atoms with Gasteiger partial charge in [0, 0.05) is 19.6 Å². The Morgan fingerprint density at radius 3 is 1.67 bits per heavy atom. The van der Waals surface area contributed by atoms with Crippen LogP contribution < -0.4 is 22.1 Å². The van der Waals surface area contributed by atoms with E-state index in [1.54, 1.807) is 0 Å². The van der Waals surface area contributed by atoms with Crippen LogP contribution in [0.2, 0.25) is 0 Å². The zero-order valence-electron chi connectivity index (χ0n) is 10.1. The minimum Gasteiger partial charge on any atom is -0.412 e. The molecule has 0 fully saturated rings. The Balaban J connectivity index is -0.000000251. The molecule has 18 heavy (non-hydrogen) atoms. The van der Waals surface area contributed by atoms with Crippen molar-refractivity contribution in [3.63, 3.8) is 0 Å². The molecule has 0 amide bonds. The maximum absolute atomic E-state index is 8.65. The van der Waals surface area contributed by atoms with Gasteiger partial charge in [-0.2, -0.15) is 0 Å². The summed E-state index contributed by atoms with van der Waals surface area (Å²) < 4.78 is 0.745. The molecule has 10 heteroatoms. The second-order valence-corrected chi connectivity index (χ2v) is 5.05. The number of aliphatic hydroxyl groups excluding tert-OH is 1. The van der Waals surface area contributed by atoms with Gasteiger partial charge in [0.05, 0.1) is 6.10 Å². The first kappa shape index (κ1) is 23.8. The van der Waals surface area contributed by atoms with Gasteiger partial charge >= 0.3 is 19.5 Å². The quantitative estimate of drug-likeness (QED) is 0.163. The van der Waals surface area contributed by atoms with Gasteiger partial charge < -0.3 is 76.9 Å². The Hall–Kier alpha value is 0.723. The summed E-state index contributed by atoms with van der Waals surface area (Å²) in [7, 11) is 0. The maximum atomic E-state index is 8.65. The molecule has 1 unspecified atom stereocenters. The van der Waals surface area contributed by atoms with Gasteiger partial charge in [-0.25, -0.2) is 0 Å². The summed E-state index contributed by atoms with van der Waals surface area (Å²) in [6, 6.07) is 0. The summed E-state index contributed by atoms with van der Waals surface area (Å²) in [5.41, 5.74) is 10.1. The van der Waals surface area contributed by atoms with Gasteiger partial charge in [0.15, 0.2) is 0 Å². The van der Waals surface area contributed by atoms with Crippen molar-refractivity contribution < 1.29 is 24.6 Å². The first-order chi connectivity index (χ1) is 7.93. The Morgan fingerprint density at radius 2 is 1.50 bits per heavy atom. The van der Waals surface area contributed by atoms with Crippen molar-refractivity contribution in [1.29, 1.82) is 0 Å². The molecule has 0 aliphatic rings. The monoisotopic (exact) mass is 378 g/mol. The second kappa shape index (κ2) is 17.7. The summed E-state index contributed by atoms with van der Waals surface area (Å²) in [5.74, 6) is 0.